The zero-order valence-corrected chi connectivity index (χ0v) is 18.6. The van der Waals surface area contributed by atoms with E-state index in [4.69, 9.17) is 14.4 Å². The molecule has 0 N–H and O–H groups in total. The molecule has 0 aliphatic carbocycles. The van der Waals surface area contributed by atoms with E-state index >= 15 is 0 Å². The summed E-state index contributed by atoms with van der Waals surface area (Å²) in [7, 11) is -3.66. The molecule has 0 heterocycles. The smallest absolute Gasteiger partial charge is 0.290 e. The van der Waals surface area contributed by atoms with Gasteiger partial charge in [0.15, 0.2) is 0 Å². The van der Waals surface area contributed by atoms with Crippen molar-refractivity contribution in [3.8, 4) is 5.75 Å². The molecule has 6 nitrogen and oxygen atoms in total. The molecule has 0 spiro atoms. The van der Waals surface area contributed by atoms with E-state index in [2.05, 4.69) is 10.9 Å². The van der Waals surface area contributed by atoms with Crippen LogP contribution in [-0.4, -0.2) is 40.1 Å². The molecule has 0 bridgehead atoms. The second-order valence-corrected chi connectivity index (χ2v) is 8.71. The maximum atomic E-state index is 11.2. The Balaban J connectivity index is 2.29. The van der Waals surface area contributed by atoms with E-state index < -0.39 is 16.2 Å². The SMILES string of the molecule is C=CCOCCCCCCCCCC(Oc1ccccc1)C(C)OOS(C)(=O)=O. The minimum absolute atomic E-state index is 0.291. The van der Waals surface area contributed by atoms with Crippen LogP contribution < -0.4 is 4.74 Å². The van der Waals surface area contributed by atoms with E-state index in [0.29, 0.717) is 6.61 Å². The van der Waals surface area contributed by atoms with E-state index in [1.165, 1.54) is 25.7 Å². The molecule has 1 aromatic rings. The van der Waals surface area contributed by atoms with Crippen molar-refractivity contribution < 1.29 is 27.1 Å². The largest absolute Gasteiger partial charge is 0.488 e. The summed E-state index contributed by atoms with van der Waals surface area (Å²) in [6.07, 6.45) is 10.6. The lowest BCUT2D eigenvalue weighted by molar-refractivity contribution is -0.253. The van der Waals surface area contributed by atoms with Gasteiger partial charge in [0.25, 0.3) is 10.1 Å². The summed E-state index contributed by atoms with van der Waals surface area (Å²) in [5.74, 6) is 0.728. The fourth-order valence-electron chi connectivity index (χ4n) is 2.86. The van der Waals surface area contributed by atoms with Gasteiger partial charge in [0, 0.05) is 6.61 Å². The Kier molecular flexibility index (Phi) is 13.6. The van der Waals surface area contributed by atoms with Crippen molar-refractivity contribution in [3.63, 3.8) is 0 Å². The molecule has 2 unspecified atom stereocenters. The average Bonchev–Trinajstić information content (AvgIpc) is 2.69. The first kappa shape index (κ1) is 25.6. The van der Waals surface area contributed by atoms with E-state index in [0.717, 1.165) is 44.3 Å². The third-order valence-corrected chi connectivity index (χ3v) is 4.71. The van der Waals surface area contributed by atoms with Crippen LogP contribution >= 0.6 is 0 Å². The molecule has 1 rings (SSSR count). The van der Waals surface area contributed by atoms with Crippen LogP contribution in [0.3, 0.4) is 0 Å². The summed E-state index contributed by atoms with van der Waals surface area (Å²) in [6.45, 7) is 6.82. The van der Waals surface area contributed by atoms with E-state index in [1.807, 2.05) is 30.3 Å². The van der Waals surface area contributed by atoms with Crippen molar-refractivity contribution in [1.82, 2.24) is 0 Å². The lowest BCUT2D eigenvalue weighted by Gasteiger charge is -2.24. The van der Waals surface area contributed by atoms with Crippen molar-refractivity contribution >= 4 is 10.1 Å². The lowest BCUT2D eigenvalue weighted by atomic mass is 10.0. The number of hydrogen-bond donors (Lipinski definition) is 0. The number of rotatable bonds is 18. The lowest BCUT2D eigenvalue weighted by Crippen LogP contribution is -2.32. The van der Waals surface area contributed by atoms with Crippen LogP contribution in [-0.2, 0) is 24.1 Å². The van der Waals surface area contributed by atoms with Gasteiger partial charge in [-0.2, -0.15) is 8.42 Å². The highest BCUT2D eigenvalue weighted by Crippen LogP contribution is 2.19. The third kappa shape index (κ3) is 14.3. The summed E-state index contributed by atoms with van der Waals surface area (Å²) in [5.41, 5.74) is 0. The van der Waals surface area contributed by atoms with Gasteiger partial charge < -0.3 is 9.47 Å². The molecule has 29 heavy (non-hydrogen) atoms. The molecular weight excluding hydrogens is 392 g/mol. The van der Waals surface area contributed by atoms with Gasteiger partial charge in [-0.1, -0.05) is 56.4 Å². The average molecular weight is 429 g/mol. The molecule has 1 aromatic carbocycles. The minimum Gasteiger partial charge on any atom is -0.488 e. The van der Waals surface area contributed by atoms with Crippen LogP contribution in [0.2, 0.25) is 0 Å². The molecule has 0 aliphatic rings. The second kappa shape index (κ2) is 15.4. The van der Waals surface area contributed by atoms with Crippen LogP contribution in [0.15, 0.2) is 43.0 Å². The highest BCUT2D eigenvalue weighted by Gasteiger charge is 2.22. The maximum Gasteiger partial charge on any atom is 0.290 e. The molecule has 166 valence electrons. The molecule has 7 heteroatoms. The first-order valence-corrected chi connectivity index (χ1v) is 12.2. The van der Waals surface area contributed by atoms with Gasteiger partial charge in [0.2, 0.25) is 0 Å². The Morgan fingerprint density at radius 2 is 1.62 bits per heavy atom. The van der Waals surface area contributed by atoms with Crippen LogP contribution in [0.5, 0.6) is 5.75 Å². The number of unbranched alkanes of at least 4 members (excludes halogenated alkanes) is 6. The highest BCUT2D eigenvalue weighted by atomic mass is 32.2. The van der Waals surface area contributed by atoms with E-state index in [-0.39, 0.29) is 6.10 Å². The van der Waals surface area contributed by atoms with Crippen molar-refractivity contribution in [2.75, 3.05) is 19.5 Å². The zero-order chi connectivity index (χ0) is 21.4. The fraction of sp³-hybridized carbons (Fsp3) is 0.636. The molecule has 0 fully saturated rings. The molecule has 0 aliphatic heterocycles. The standard InChI is InChI=1S/C22H36O6S/c1-4-18-25-19-14-9-7-5-6-8-13-17-22(20(2)27-28-29(3,23)24)26-21-15-11-10-12-16-21/h4,10-12,15-16,20,22H,1,5-9,13-14,17-19H2,2-3H3. The van der Waals surface area contributed by atoms with Gasteiger partial charge in [0.1, 0.15) is 18.0 Å². The zero-order valence-electron chi connectivity index (χ0n) is 17.8. The van der Waals surface area contributed by atoms with Crippen molar-refractivity contribution in [1.29, 1.82) is 0 Å². The number of hydrogen-bond acceptors (Lipinski definition) is 6. The van der Waals surface area contributed by atoms with E-state index in [1.54, 1.807) is 13.0 Å². The third-order valence-electron chi connectivity index (χ3n) is 4.38. The Labute approximate surface area is 176 Å². The highest BCUT2D eigenvalue weighted by molar-refractivity contribution is 7.85. The summed E-state index contributed by atoms with van der Waals surface area (Å²) in [6, 6.07) is 9.45. The Hall–Kier alpha value is -1.41. The van der Waals surface area contributed by atoms with E-state index in [9.17, 15) is 8.42 Å². The normalized spacial score (nSPS) is 13.7. The summed E-state index contributed by atoms with van der Waals surface area (Å²) >= 11 is 0. The van der Waals surface area contributed by atoms with Gasteiger partial charge in [-0.25, -0.2) is 4.89 Å². The fourth-order valence-corrected chi connectivity index (χ4v) is 3.13. The molecule has 0 saturated heterocycles. The first-order valence-electron chi connectivity index (χ1n) is 10.4. The van der Waals surface area contributed by atoms with Crippen LogP contribution in [0.25, 0.3) is 0 Å². The van der Waals surface area contributed by atoms with Crippen molar-refractivity contribution in [3.05, 3.63) is 43.0 Å². The number of ether oxygens (including phenoxy) is 2. The Morgan fingerprint density at radius 3 is 2.24 bits per heavy atom. The molecule has 0 radical (unpaired) electrons. The van der Waals surface area contributed by atoms with Crippen LogP contribution in [0.1, 0.15) is 58.3 Å². The Morgan fingerprint density at radius 1 is 1.00 bits per heavy atom. The predicted octanol–water partition coefficient (Wildman–Crippen LogP) is 5.05. The van der Waals surface area contributed by atoms with Gasteiger partial charge in [0.05, 0.1) is 12.9 Å². The Bertz CT molecular complexity index is 632. The second-order valence-electron chi connectivity index (χ2n) is 7.17. The van der Waals surface area contributed by atoms with Crippen LogP contribution in [0.4, 0.5) is 0 Å². The molecule has 0 aromatic heterocycles. The van der Waals surface area contributed by atoms with Crippen LogP contribution in [0, 0.1) is 0 Å². The topological polar surface area (TPSA) is 71.1 Å². The number of benzene rings is 1. The quantitative estimate of drug-likeness (QED) is 0.141. The summed E-state index contributed by atoms with van der Waals surface area (Å²) < 4.78 is 38.2. The first-order chi connectivity index (χ1) is 13.9. The predicted molar refractivity (Wildman–Crippen MR) is 115 cm³/mol. The van der Waals surface area contributed by atoms with Gasteiger partial charge >= 0.3 is 0 Å². The van der Waals surface area contributed by atoms with Crippen molar-refractivity contribution in [2.45, 2.75) is 70.5 Å². The number of para-hydroxylation sites is 1. The molecule has 0 amide bonds. The van der Waals surface area contributed by atoms with Gasteiger partial charge in [-0.15, -0.1) is 10.9 Å². The minimum atomic E-state index is -3.66. The summed E-state index contributed by atoms with van der Waals surface area (Å²) in [4.78, 5) is 5.06. The molecular formula is C22H36O6S. The van der Waals surface area contributed by atoms with Gasteiger partial charge in [-0.05, 0) is 38.3 Å². The summed E-state index contributed by atoms with van der Waals surface area (Å²) in [5, 5.41) is 0. The van der Waals surface area contributed by atoms with Gasteiger partial charge in [-0.3, -0.25) is 0 Å². The maximum absolute atomic E-state index is 11.2. The monoisotopic (exact) mass is 428 g/mol. The molecule has 2 atom stereocenters. The van der Waals surface area contributed by atoms with Crippen molar-refractivity contribution in [2.24, 2.45) is 0 Å². The molecule has 0 saturated carbocycles.